The van der Waals surface area contributed by atoms with Crippen LogP contribution < -0.4 is 10.0 Å². The lowest BCUT2D eigenvalue weighted by atomic mass is 9.91. The van der Waals surface area contributed by atoms with Gasteiger partial charge in [-0.2, -0.15) is 0 Å². The lowest BCUT2D eigenvalue weighted by Crippen LogP contribution is -2.30. The summed E-state index contributed by atoms with van der Waals surface area (Å²) in [5, 5.41) is 12.8. The summed E-state index contributed by atoms with van der Waals surface area (Å²) in [6.45, 7) is 0. The van der Waals surface area contributed by atoms with E-state index in [-0.39, 0.29) is 22.1 Å². The van der Waals surface area contributed by atoms with Crippen molar-refractivity contribution >= 4 is 33.2 Å². The smallest absolute Gasteiger partial charge is 0.265 e. The van der Waals surface area contributed by atoms with E-state index in [1.807, 2.05) is 4.72 Å². The van der Waals surface area contributed by atoms with Gasteiger partial charge in [-0.3, -0.25) is 9.52 Å². The van der Waals surface area contributed by atoms with Crippen LogP contribution in [-0.2, 0) is 10.0 Å². The highest BCUT2D eigenvalue weighted by molar-refractivity contribution is 7.92. The third kappa shape index (κ3) is 3.81. The fraction of sp³-hybridized carbons (Fsp3) is 0.174. The van der Waals surface area contributed by atoms with Crippen LogP contribution in [0.3, 0.4) is 0 Å². The molecule has 0 spiro atoms. The molecule has 33 heavy (non-hydrogen) atoms. The number of hydrogen-bond donors (Lipinski definition) is 3. The molecule has 0 aromatic heterocycles. The summed E-state index contributed by atoms with van der Waals surface area (Å²) in [4.78, 5) is 12.4. The number of sulfonamides is 1. The first-order valence-corrected chi connectivity index (χ1v) is 12.0. The molecule has 5 rings (SSSR count). The Morgan fingerprint density at radius 2 is 1.73 bits per heavy atom. The van der Waals surface area contributed by atoms with Gasteiger partial charge in [0.2, 0.25) is 0 Å². The molecule has 1 amide bonds. The molecule has 0 radical (unpaired) electrons. The Labute approximate surface area is 193 Å². The highest BCUT2D eigenvalue weighted by Gasteiger charge is 2.36. The normalized spacial score (nSPS) is 19.2. The number of carbonyl (C=O) groups is 1. The molecule has 10 heteroatoms. The summed E-state index contributed by atoms with van der Waals surface area (Å²) in [6.07, 6.45) is 1.68. The summed E-state index contributed by atoms with van der Waals surface area (Å²) >= 11 is 6.01. The van der Waals surface area contributed by atoms with Gasteiger partial charge in [0.25, 0.3) is 15.9 Å². The van der Waals surface area contributed by atoms with E-state index in [0.29, 0.717) is 17.2 Å². The number of aromatic hydroxyl groups is 1. The summed E-state index contributed by atoms with van der Waals surface area (Å²) in [5.74, 6) is -3.33. The number of hydrogen-bond acceptors (Lipinski definition) is 4. The van der Waals surface area contributed by atoms with Crippen LogP contribution in [0.25, 0.3) is 11.1 Å². The SMILES string of the molecule is O=C1N[C@@H](C2CC2)c2ccccc2-c2cc(c(F)cc2F)NS(=O)(=O)c2cc1cc(Cl)c2O. The van der Waals surface area contributed by atoms with Crippen LogP contribution in [0.2, 0.25) is 5.02 Å². The zero-order chi connectivity index (χ0) is 23.5. The van der Waals surface area contributed by atoms with Crippen molar-refractivity contribution in [2.75, 3.05) is 4.72 Å². The van der Waals surface area contributed by atoms with Crippen molar-refractivity contribution in [1.82, 2.24) is 5.32 Å². The van der Waals surface area contributed by atoms with Crippen molar-refractivity contribution in [2.24, 2.45) is 5.92 Å². The summed E-state index contributed by atoms with van der Waals surface area (Å²) in [7, 11) is -4.59. The molecule has 3 aromatic rings. The van der Waals surface area contributed by atoms with Gasteiger partial charge >= 0.3 is 0 Å². The van der Waals surface area contributed by atoms with E-state index < -0.39 is 49.9 Å². The molecule has 6 nitrogen and oxygen atoms in total. The number of fused-ring (bicyclic) bond motifs is 6. The second-order valence-corrected chi connectivity index (χ2v) is 10.2. The van der Waals surface area contributed by atoms with Crippen LogP contribution in [0.5, 0.6) is 5.75 Å². The average molecular weight is 491 g/mol. The van der Waals surface area contributed by atoms with Gasteiger partial charge in [-0.15, -0.1) is 0 Å². The highest BCUT2D eigenvalue weighted by atomic mass is 35.5. The summed E-state index contributed by atoms with van der Waals surface area (Å²) in [6, 6.07) is 10.1. The maximum atomic E-state index is 14.9. The fourth-order valence-corrected chi connectivity index (χ4v) is 5.54. The number of halogens is 3. The molecule has 4 bridgehead atoms. The van der Waals surface area contributed by atoms with Crippen LogP contribution in [-0.4, -0.2) is 19.4 Å². The van der Waals surface area contributed by atoms with Crippen LogP contribution >= 0.6 is 11.6 Å². The zero-order valence-electron chi connectivity index (χ0n) is 16.9. The van der Waals surface area contributed by atoms with Crippen molar-refractivity contribution in [3.05, 3.63) is 76.3 Å². The van der Waals surface area contributed by atoms with Gasteiger partial charge in [0, 0.05) is 17.2 Å². The summed E-state index contributed by atoms with van der Waals surface area (Å²) < 4.78 is 57.5. The Bertz CT molecular complexity index is 1420. The van der Waals surface area contributed by atoms with E-state index in [1.54, 1.807) is 24.3 Å². The van der Waals surface area contributed by atoms with E-state index in [2.05, 4.69) is 5.32 Å². The minimum absolute atomic E-state index is 0.0298. The van der Waals surface area contributed by atoms with Crippen molar-refractivity contribution in [3.8, 4) is 16.9 Å². The lowest BCUT2D eigenvalue weighted by Gasteiger charge is -2.22. The topological polar surface area (TPSA) is 95.5 Å². The standard InChI is InChI=1S/C23H17ClF2N2O4S/c24-16-7-12-8-20(22(16)29)33(31,32)28-19-9-15(17(25)10-18(19)26)13-3-1-2-4-14(13)21(11-5-6-11)27-23(12)30/h1-4,7-11,21,28-29H,5-6H2,(H,27,30)/t21-/m0/s1. The predicted molar refractivity (Wildman–Crippen MR) is 119 cm³/mol. The Kier molecular flexibility index (Phi) is 5.06. The van der Waals surface area contributed by atoms with E-state index >= 15 is 0 Å². The van der Waals surface area contributed by atoms with E-state index in [4.69, 9.17) is 11.6 Å². The monoisotopic (exact) mass is 490 g/mol. The minimum Gasteiger partial charge on any atom is -0.505 e. The number of rotatable bonds is 1. The molecular formula is C23H17ClF2N2O4S. The highest BCUT2D eigenvalue weighted by Crippen LogP contribution is 2.45. The van der Waals surface area contributed by atoms with Gasteiger partial charge < -0.3 is 10.4 Å². The van der Waals surface area contributed by atoms with Crippen molar-refractivity contribution in [2.45, 2.75) is 23.8 Å². The van der Waals surface area contributed by atoms with Gasteiger partial charge in [0.1, 0.15) is 16.5 Å². The second-order valence-electron chi connectivity index (χ2n) is 8.10. The molecule has 1 saturated carbocycles. The quantitative estimate of drug-likeness (QED) is 0.448. The molecule has 0 unspecified atom stereocenters. The first-order valence-electron chi connectivity index (χ1n) is 10.1. The van der Waals surface area contributed by atoms with E-state index in [9.17, 15) is 27.1 Å². The fourth-order valence-electron chi connectivity index (χ4n) is 4.06. The number of nitrogens with one attached hydrogen (secondary N) is 2. The number of benzene rings is 3. The van der Waals surface area contributed by atoms with E-state index in [0.717, 1.165) is 31.0 Å². The zero-order valence-corrected chi connectivity index (χ0v) is 18.5. The maximum Gasteiger partial charge on any atom is 0.265 e. The van der Waals surface area contributed by atoms with Crippen molar-refractivity contribution in [3.63, 3.8) is 0 Å². The van der Waals surface area contributed by atoms with Crippen LogP contribution in [0.1, 0.15) is 34.8 Å². The first kappa shape index (κ1) is 21.7. The number of phenols is 1. The predicted octanol–water partition coefficient (Wildman–Crippen LogP) is 4.99. The van der Waals surface area contributed by atoms with Crippen molar-refractivity contribution < 1.29 is 27.1 Å². The third-order valence-electron chi connectivity index (χ3n) is 5.85. The third-order valence-corrected chi connectivity index (χ3v) is 7.51. The molecule has 1 heterocycles. The molecule has 1 fully saturated rings. The van der Waals surface area contributed by atoms with Gasteiger partial charge in [0.05, 0.1) is 16.8 Å². The van der Waals surface area contributed by atoms with Gasteiger partial charge in [-0.25, -0.2) is 17.2 Å². The number of phenolic OH excluding ortho intramolecular Hbond substituents is 1. The maximum absolute atomic E-state index is 14.9. The van der Waals surface area contributed by atoms with Gasteiger partial charge in [-0.05, 0) is 48.1 Å². The number of carbonyl (C=O) groups excluding carboxylic acids is 1. The average Bonchev–Trinajstić information content (AvgIpc) is 3.60. The van der Waals surface area contributed by atoms with Crippen LogP contribution in [0.15, 0.2) is 53.4 Å². The first-order chi connectivity index (χ1) is 15.7. The van der Waals surface area contributed by atoms with Gasteiger partial charge in [0.15, 0.2) is 5.75 Å². The molecule has 3 aromatic carbocycles. The van der Waals surface area contributed by atoms with Crippen molar-refractivity contribution in [1.29, 1.82) is 0 Å². The van der Waals surface area contributed by atoms with Crippen LogP contribution in [0, 0.1) is 17.6 Å². The molecule has 1 aliphatic carbocycles. The molecule has 1 aliphatic heterocycles. The molecule has 3 N–H and O–H groups in total. The van der Waals surface area contributed by atoms with Gasteiger partial charge in [-0.1, -0.05) is 35.9 Å². The molecule has 170 valence electrons. The largest absolute Gasteiger partial charge is 0.505 e. The molecular weight excluding hydrogens is 474 g/mol. The second kappa shape index (κ2) is 7.71. The number of amides is 1. The Hall–Kier alpha value is -3.17. The molecule has 0 saturated heterocycles. The Balaban J connectivity index is 1.82. The van der Waals surface area contributed by atoms with E-state index in [1.165, 1.54) is 0 Å². The molecule has 2 aliphatic rings. The Morgan fingerprint density at radius 1 is 1.00 bits per heavy atom. The van der Waals surface area contributed by atoms with Crippen LogP contribution in [0.4, 0.5) is 14.5 Å². The number of anilines is 1. The lowest BCUT2D eigenvalue weighted by molar-refractivity contribution is 0.0931. The molecule has 1 atom stereocenters. The minimum atomic E-state index is -4.59. The summed E-state index contributed by atoms with van der Waals surface area (Å²) in [5.41, 5.74) is 0.386. The Morgan fingerprint density at radius 3 is 2.45 bits per heavy atom.